The molecule has 0 amide bonds. The van der Waals surface area contributed by atoms with Crippen LogP contribution in [0.1, 0.15) is 5.69 Å². The molecule has 13 heavy (non-hydrogen) atoms. The van der Waals surface area contributed by atoms with Gasteiger partial charge in [-0.1, -0.05) is 0 Å². The van der Waals surface area contributed by atoms with Crippen LogP contribution in [-0.4, -0.2) is 20.8 Å². The van der Waals surface area contributed by atoms with E-state index in [1.807, 2.05) is 6.92 Å². The van der Waals surface area contributed by atoms with Crippen molar-refractivity contribution in [1.29, 1.82) is 0 Å². The second-order valence-corrected chi connectivity index (χ2v) is 3.04. The molecule has 3 N–H and O–H groups in total. The number of nitrogens with zero attached hydrogens (tertiary/aromatic N) is 3. The molecule has 0 bridgehead atoms. The van der Waals surface area contributed by atoms with Crippen LogP contribution in [0.2, 0.25) is 0 Å². The zero-order valence-corrected chi connectivity index (χ0v) is 9.99. The number of rotatable bonds is 3. The number of aliphatic imine (C=N–C) groups is 1. The minimum atomic E-state index is 0.453. The number of nitrogens with one attached hydrogen (secondary N) is 1. The molecule has 0 aromatic carbocycles. The van der Waals surface area contributed by atoms with Gasteiger partial charge in [-0.05, 0) is 0 Å². The van der Waals surface area contributed by atoms with Gasteiger partial charge in [-0.25, -0.2) is 0 Å². The quantitative estimate of drug-likeness (QED) is 0.602. The average Bonchev–Trinajstić information content (AvgIpc) is 2.03. The van der Waals surface area contributed by atoms with Crippen molar-refractivity contribution in [1.82, 2.24) is 9.97 Å². The van der Waals surface area contributed by atoms with Crippen LogP contribution >= 0.6 is 0 Å². The molecule has 1 aromatic heterocycles. The van der Waals surface area contributed by atoms with E-state index in [2.05, 4.69) is 20.3 Å². The van der Waals surface area contributed by atoms with Gasteiger partial charge in [-0.15, -0.1) is 0 Å². The van der Waals surface area contributed by atoms with Crippen LogP contribution in [0.15, 0.2) is 11.1 Å². The number of hydrogen-bond donors (Lipinski definition) is 2. The Kier molecular flexibility index (Phi) is 3.70. The third kappa shape index (κ3) is 3.42. The molecule has 0 unspecified atom stereocenters. The molecule has 1 rings (SSSR count). The van der Waals surface area contributed by atoms with Gasteiger partial charge < -0.3 is 0 Å². The summed E-state index contributed by atoms with van der Waals surface area (Å²) in [7, 11) is 0. The van der Waals surface area contributed by atoms with E-state index in [1.165, 1.54) is 25.7 Å². The number of nitrogens with two attached hydrogens (primary N) is 1. The molecule has 0 aliphatic carbocycles. The van der Waals surface area contributed by atoms with Crippen LogP contribution in [-0.2, 0) is 19.4 Å². The Morgan fingerprint density at radius 2 is 2.38 bits per heavy atom. The zero-order valence-electron chi connectivity index (χ0n) is 7.06. The molecule has 68 valence electrons. The number of nitrogen functional groups attached to an aromatic ring is 1. The van der Waals surface area contributed by atoms with Crippen molar-refractivity contribution >= 4 is 22.6 Å². The fourth-order valence-electron chi connectivity index (χ4n) is 0.783. The summed E-state index contributed by atoms with van der Waals surface area (Å²) < 4.78 is 1.74. The SMILES string of the molecule is Cc1cc(N)nc(NC=N[CH]=[W])n1. The summed E-state index contributed by atoms with van der Waals surface area (Å²) >= 11 is 1.29. The molecule has 0 radical (unpaired) electrons. The third-order valence-electron chi connectivity index (χ3n) is 1.20. The summed E-state index contributed by atoms with van der Waals surface area (Å²) in [6.45, 7) is 1.86. The summed E-state index contributed by atoms with van der Waals surface area (Å²) in [5, 5.41) is 2.82. The van der Waals surface area contributed by atoms with Crippen molar-refractivity contribution in [2.45, 2.75) is 6.92 Å². The Hall–Kier alpha value is -1.09. The molecule has 0 saturated heterocycles. The van der Waals surface area contributed by atoms with Gasteiger partial charge in [0.15, 0.2) is 0 Å². The maximum absolute atomic E-state index is 5.52. The fraction of sp³-hybridized carbons (Fsp3) is 0.143. The van der Waals surface area contributed by atoms with Crippen molar-refractivity contribution in [3.8, 4) is 0 Å². The van der Waals surface area contributed by atoms with Gasteiger partial charge in [0.25, 0.3) is 0 Å². The molecular formula is C7H9N5W. The Labute approximate surface area is 86.9 Å². The third-order valence-corrected chi connectivity index (χ3v) is 1.64. The van der Waals surface area contributed by atoms with E-state index in [0.29, 0.717) is 11.8 Å². The van der Waals surface area contributed by atoms with Crippen molar-refractivity contribution in [2.75, 3.05) is 11.1 Å². The summed E-state index contributed by atoms with van der Waals surface area (Å²) in [4.78, 5) is 11.9. The Bertz CT molecular complexity index is 315. The Morgan fingerprint density at radius 1 is 1.62 bits per heavy atom. The van der Waals surface area contributed by atoms with E-state index in [-0.39, 0.29) is 0 Å². The normalized spacial score (nSPS) is 10.2. The molecule has 0 saturated carbocycles. The van der Waals surface area contributed by atoms with Crippen LogP contribution in [0.25, 0.3) is 0 Å². The standard InChI is InChI=1S/C7H9N5.W/c1-5-3-6(8)12-7(11-5)10-4-9-2;/h2-4H,1H3,(H3,8,10,11,12);. The predicted octanol–water partition coefficient (Wildman–Crippen LogP) is 0.114. The second-order valence-electron chi connectivity index (χ2n) is 2.29. The Morgan fingerprint density at radius 3 is 3.00 bits per heavy atom. The number of anilines is 2. The Balaban J connectivity index is 2.77. The maximum atomic E-state index is 5.52. The molecule has 6 heteroatoms. The van der Waals surface area contributed by atoms with E-state index in [9.17, 15) is 0 Å². The minimum absolute atomic E-state index is 0.453. The number of aryl methyl sites for hydroxylation is 1. The molecule has 1 aromatic rings. The second kappa shape index (κ2) is 4.82. The molecule has 0 aliphatic heterocycles. The van der Waals surface area contributed by atoms with E-state index in [0.717, 1.165) is 5.69 Å². The molecule has 0 spiro atoms. The van der Waals surface area contributed by atoms with Crippen LogP contribution in [0.4, 0.5) is 11.8 Å². The van der Waals surface area contributed by atoms with Crippen LogP contribution < -0.4 is 11.1 Å². The fourth-order valence-corrected chi connectivity index (χ4v) is 1.00. The summed E-state index contributed by atoms with van der Waals surface area (Å²) in [5.74, 6) is 0.924. The zero-order chi connectivity index (χ0) is 9.68. The van der Waals surface area contributed by atoms with Gasteiger partial charge in [-0.3, -0.25) is 0 Å². The van der Waals surface area contributed by atoms with Gasteiger partial charge in [0, 0.05) is 0 Å². The van der Waals surface area contributed by atoms with Gasteiger partial charge in [0.2, 0.25) is 0 Å². The van der Waals surface area contributed by atoms with E-state index in [4.69, 9.17) is 5.73 Å². The van der Waals surface area contributed by atoms with Crippen molar-refractivity contribution in [2.24, 2.45) is 4.99 Å². The summed E-state index contributed by atoms with van der Waals surface area (Å²) in [6.07, 6.45) is 1.53. The molecule has 1 heterocycles. The van der Waals surface area contributed by atoms with Crippen molar-refractivity contribution < 1.29 is 19.4 Å². The predicted molar refractivity (Wildman–Crippen MR) is 49.4 cm³/mol. The van der Waals surface area contributed by atoms with E-state index in [1.54, 1.807) is 10.6 Å². The number of hydrogen-bond acceptors (Lipinski definition) is 4. The monoisotopic (exact) mass is 347 g/mol. The molecule has 0 fully saturated rings. The first-order valence-corrected chi connectivity index (χ1v) is 5.24. The first kappa shape index (κ1) is 9.99. The average molecular weight is 347 g/mol. The van der Waals surface area contributed by atoms with E-state index >= 15 is 0 Å². The van der Waals surface area contributed by atoms with Crippen molar-refractivity contribution in [3.63, 3.8) is 0 Å². The van der Waals surface area contributed by atoms with Gasteiger partial charge in [0.1, 0.15) is 0 Å². The van der Waals surface area contributed by atoms with Crippen molar-refractivity contribution in [3.05, 3.63) is 11.8 Å². The molecule has 0 aliphatic rings. The summed E-state index contributed by atoms with van der Waals surface area (Å²) in [5.41, 5.74) is 6.35. The van der Waals surface area contributed by atoms with Gasteiger partial charge in [-0.2, -0.15) is 0 Å². The van der Waals surface area contributed by atoms with Gasteiger partial charge >= 0.3 is 86.7 Å². The first-order valence-electron chi connectivity index (χ1n) is 3.55. The van der Waals surface area contributed by atoms with Crippen LogP contribution in [0.5, 0.6) is 0 Å². The molecular weight excluding hydrogens is 338 g/mol. The molecule has 0 atom stereocenters. The first-order chi connectivity index (χ1) is 6.22. The number of aromatic nitrogens is 2. The summed E-state index contributed by atoms with van der Waals surface area (Å²) in [6, 6.07) is 1.71. The van der Waals surface area contributed by atoms with E-state index < -0.39 is 0 Å². The van der Waals surface area contributed by atoms with Gasteiger partial charge in [0.05, 0.1) is 0 Å². The topological polar surface area (TPSA) is 76.2 Å². The van der Waals surface area contributed by atoms with Crippen LogP contribution in [0.3, 0.4) is 0 Å². The van der Waals surface area contributed by atoms with Crippen LogP contribution in [0, 0.1) is 6.92 Å². The molecule has 5 nitrogen and oxygen atoms in total.